The van der Waals surface area contributed by atoms with Gasteiger partial charge in [-0.15, -0.1) is 11.8 Å². The number of nitrogens with zero attached hydrogens (tertiary/aromatic N) is 5. The van der Waals surface area contributed by atoms with Gasteiger partial charge >= 0.3 is 0 Å². The Morgan fingerprint density at radius 2 is 2.00 bits per heavy atom. The van der Waals surface area contributed by atoms with Crippen LogP contribution in [0.25, 0.3) is 22.3 Å². The predicted molar refractivity (Wildman–Crippen MR) is 140 cm³/mol. The van der Waals surface area contributed by atoms with Gasteiger partial charge in [0.2, 0.25) is 5.91 Å². The number of nitrogens with one attached hydrogen (secondary N) is 2. The smallest absolute Gasteiger partial charge is 0.253 e. The highest BCUT2D eigenvalue weighted by Crippen LogP contribution is 2.23. The van der Waals surface area contributed by atoms with Crippen molar-refractivity contribution < 1.29 is 9.59 Å². The van der Waals surface area contributed by atoms with Crippen molar-refractivity contribution in [2.75, 3.05) is 24.2 Å². The fourth-order valence-electron chi connectivity index (χ4n) is 4.08. The molecule has 1 atom stereocenters. The summed E-state index contributed by atoms with van der Waals surface area (Å²) in [5.74, 6) is 0.531. The maximum Gasteiger partial charge on any atom is 0.253 e. The van der Waals surface area contributed by atoms with Gasteiger partial charge in [-0.05, 0) is 49.6 Å². The Morgan fingerprint density at radius 1 is 1.14 bits per heavy atom. The normalized spacial score (nSPS) is 15.6. The Bertz CT molecular complexity index is 1450. The SMILES string of the molecule is CSc1cncc(C(=O)NCc2cc3nc(-c4cccc(N5CC(=O)NC(C)C5)n4)ccc3cn2)c1. The second-order valence-corrected chi connectivity index (χ2v) is 9.47. The zero-order valence-corrected chi connectivity index (χ0v) is 20.7. The lowest BCUT2D eigenvalue weighted by Gasteiger charge is -2.32. The van der Waals surface area contributed by atoms with E-state index in [-0.39, 0.29) is 30.9 Å². The Balaban J connectivity index is 1.34. The van der Waals surface area contributed by atoms with Crippen molar-refractivity contribution in [3.8, 4) is 11.4 Å². The first-order valence-electron chi connectivity index (χ1n) is 11.5. The minimum absolute atomic E-state index is 0.00914. The fraction of sp³-hybridized carbons (Fsp3) is 0.231. The number of thioether (sulfide) groups is 1. The van der Waals surface area contributed by atoms with E-state index >= 15 is 0 Å². The number of carbonyl (C=O) groups excluding carboxylic acids is 2. The first-order chi connectivity index (χ1) is 17.5. The second-order valence-electron chi connectivity index (χ2n) is 8.59. The van der Waals surface area contributed by atoms with Gasteiger partial charge in [0.05, 0.1) is 41.3 Å². The van der Waals surface area contributed by atoms with Gasteiger partial charge in [0.25, 0.3) is 5.91 Å². The van der Waals surface area contributed by atoms with Gasteiger partial charge in [-0.2, -0.15) is 0 Å². The van der Waals surface area contributed by atoms with E-state index < -0.39 is 0 Å². The van der Waals surface area contributed by atoms with E-state index in [0.29, 0.717) is 17.8 Å². The molecule has 4 aromatic rings. The molecule has 10 heteroatoms. The maximum absolute atomic E-state index is 12.6. The molecule has 36 heavy (non-hydrogen) atoms. The fourth-order valence-corrected chi connectivity index (χ4v) is 4.49. The second kappa shape index (κ2) is 10.3. The minimum Gasteiger partial charge on any atom is -0.350 e. The van der Waals surface area contributed by atoms with Gasteiger partial charge < -0.3 is 15.5 Å². The average molecular weight is 500 g/mol. The van der Waals surface area contributed by atoms with Gasteiger partial charge in [0.1, 0.15) is 5.82 Å². The van der Waals surface area contributed by atoms with Crippen molar-refractivity contribution in [1.82, 2.24) is 30.6 Å². The molecule has 5 rings (SSSR count). The number of piperazine rings is 1. The molecule has 9 nitrogen and oxygen atoms in total. The van der Waals surface area contributed by atoms with E-state index in [4.69, 9.17) is 9.97 Å². The molecule has 0 aromatic carbocycles. The summed E-state index contributed by atoms with van der Waals surface area (Å²) in [6, 6.07) is 13.4. The summed E-state index contributed by atoms with van der Waals surface area (Å²) in [4.78, 5) is 45.6. The number of hydrogen-bond acceptors (Lipinski definition) is 8. The third-order valence-electron chi connectivity index (χ3n) is 5.83. The molecular formula is C26H25N7O2S. The largest absolute Gasteiger partial charge is 0.350 e. The summed E-state index contributed by atoms with van der Waals surface area (Å²) in [7, 11) is 0. The standard InChI is InChI=1S/C26H25N7O2S/c1-16-14-33(15-25(34)30-16)24-5-3-4-21(32-24)22-7-6-17-11-28-19(9-23(17)31-22)12-29-26(35)18-8-20(36-2)13-27-10-18/h3-11,13,16H,12,14-15H2,1-2H3,(H,29,35)(H,30,34). The van der Waals surface area contributed by atoms with Crippen molar-refractivity contribution in [3.05, 3.63) is 72.3 Å². The highest BCUT2D eigenvalue weighted by atomic mass is 32.2. The third kappa shape index (κ3) is 5.28. The summed E-state index contributed by atoms with van der Waals surface area (Å²) >= 11 is 1.54. The zero-order valence-electron chi connectivity index (χ0n) is 19.9. The van der Waals surface area contributed by atoms with Crippen LogP contribution in [0.5, 0.6) is 0 Å². The van der Waals surface area contributed by atoms with E-state index in [9.17, 15) is 9.59 Å². The lowest BCUT2D eigenvalue weighted by molar-refractivity contribution is -0.121. The molecule has 0 radical (unpaired) electrons. The molecule has 4 aromatic heterocycles. The lowest BCUT2D eigenvalue weighted by Crippen LogP contribution is -2.53. The average Bonchev–Trinajstić information content (AvgIpc) is 2.90. The van der Waals surface area contributed by atoms with Crippen LogP contribution >= 0.6 is 11.8 Å². The van der Waals surface area contributed by atoms with Gasteiger partial charge in [-0.3, -0.25) is 19.6 Å². The van der Waals surface area contributed by atoms with Crippen molar-refractivity contribution in [1.29, 1.82) is 0 Å². The maximum atomic E-state index is 12.6. The molecule has 5 heterocycles. The Labute approximate surface area is 212 Å². The van der Waals surface area contributed by atoms with E-state index in [1.165, 1.54) is 11.8 Å². The molecule has 1 aliphatic heterocycles. The minimum atomic E-state index is -0.205. The Kier molecular flexibility index (Phi) is 6.77. The Hall–Kier alpha value is -4.05. The molecular weight excluding hydrogens is 474 g/mol. The molecule has 0 bridgehead atoms. The number of carbonyl (C=O) groups is 2. The van der Waals surface area contributed by atoms with Gasteiger partial charge in [0, 0.05) is 41.5 Å². The lowest BCUT2D eigenvalue weighted by atomic mass is 10.1. The topological polar surface area (TPSA) is 113 Å². The quantitative estimate of drug-likeness (QED) is 0.389. The first-order valence-corrected chi connectivity index (χ1v) is 12.8. The molecule has 0 spiro atoms. The van der Waals surface area contributed by atoms with Gasteiger partial charge in [-0.1, -0.05) is 6.07 Å². The van der Waals surface area contributed by atoms with E-state index in [1.807, 2.05) is 60.5 Å². The number of rotatable bonds is 6. The predicted octanol–water partition coefficient (Wildman–Crippen LogP) is 3.06. The molecule has 1 saturated heterocycles. The van der Waals surface area contributed by atoms with Crippen molar-refractivity contribution in [3.63, 3.8) is 0 Å². The van der Waals surface area contributed by atoms with E-state index in [1.54, 1.807) is 18.6 Å². The number of hydrogen-bond donors (Lipinski definition) is 2. The highest BCUT2D eigenvalue weighted by Gasteiger charge is 2.22. The summed E-state index contributed by atoms with van der Waals surface area (Å²) in [6.45, 7) is 3.23. The Morgan fingerprint density at radius 3 is 2.83 bits per heavy atom. The van der Waals surface area contributed by atoms with Gasteiger partial charge in [-0.25, -0.2) is 9.97 Å². The summed E-state index contributed by atoms with van der Waals surface area (Å²) in [6.07, 6.45) is 6.97. The monoisotopic (exact) mass is 499 g/mol. The van der Waals surface area contributed by atoms with Crippen LogP contribution < -0.4 is 15.5 Å². The summed E-state index contributed by atoms with van der Waals surface area (Å²) in [5, 5.41) is 6.72. The number of anilines is 1. The summed E-state index contributed by atoms with van der Waals surface area (Å²) in [5.41, 5.74) is 3.41. The van der Waals surface area contributed by atoms with Gasteiger partial charge in [0.15, 0.2) is 0 Å². The van der Waals surface area contributed by atoms with Crippen molar-refractivity contribution >= 4 is 40.3 Å². The van der Waals surface area contributed by atoms with Crippen LogP contribution in [0.1, 0.15) is 23.0 Å². The number of fused-ring (bicyclic) bond motifs is 1. The van der Waals surface area contributed by atoms with Crippen molar-refractivity contribution in [2.45, 2.75) is 24.4 Å². The van der Waals surface area contributed by atoms with E-state index in [0.717, 1.165) is 33.0 Å². The molecule has 1 unspecified atom stereocenters. The van der Waals surface area contributed by atoms with Crippen LogP contribution in [-0.2, 0) is 11.3 Å². The zero-order chi connectivity index (χ0) is 25.1. The molecule has 1 fully saturated rings. The molecule has 0 saturated carbocycles. The van der Waals surface area contributed by atoms with Crippen molar-refractivity contribution in [2.24, 2.45) is 0 Å². The first kappa shape index (κ1) is 23.7. The molecule has 2 amide bonds. The molecule has 0 aliphatic carbocycles. The number of amides is 2. The molecule has 1 aliphatic rings. The highest BCUT2D eigenvalue weighted by molar-refractivity contribution is 7.98. The number of pyridine rings is 4. The summed E-state index contributed by atoms with van der Waals surface area (Å²) < 4.78 is 0. The van der Waals surface area contributed by atoms with Crippen LogP contribution in [0.2, 0.25) is 0 Å². The van der Waals surface area contributed by atoms with Crippen LogP contribution in [0.4, 0.5) is 5.82 Å². The van der Waals surface area contributed by atoms with Crippen LogP contribution in [0.3, 0.4) is 0 Å². The van der Waals surface area contributed by atoms with Crippen LogP contribution in [0.15, 0.2) is 66.0 Å². The molecule has 182 valence electrons. The van der Waals surface area contributed by atoms with Crippen LogP contribution in [0, 0.1) is 0 Å². The van der Waals surface area contributed by atoms with E-state index in [2.05, 4.69) is 20.6 Å². The molecule has 2 N–H and O–H groups in total. The number of aromatic nitrogens is 4. The van der Waals surface area contributed by atoms with Crippen LogP contribution in [-0.4, -0.2) is 57.1 Å². The third-order valence-corrected chi connectivity index (χ3v) is 6.52.